The van der Waals surface area contributed by atoms with E-state index in [-0.39, 0.29) is 18.3 Å². The Kier molecular flexibility index (Phi) is 3.82. The summed E-state index contributed by atoms with van der Waals surface area (Å²) >= 11 is 0. The molecule has 1 aromatic carbocycles. The molecule has 1 amide bonds. The zero-order valence-electron chi connectivity index (χ0n) is 13.4. The quantitative estimate of drug-likeness (QED) is 0.914. The molecule has 2 fully saturated rings. The molecular formula is C18H20FN3O2. The third kappa shape index (κ3) is 2.70. The fourth-order valence-corrected chi connectivity index (χ4v) is 3.62. The zero-order chi connectivity index (χ0) is 16.6. The Hall–Kier alpha value is -2.24. The van der Waals surface area contributed by atoms with Crippen molar-refractivity contribution in [3.8, 4) is 0 Å². The van der Waals surface area contributed by atoms with Crippen LogP contribution in [-0.2, 0) is 16.8 Å². The first kappa shape index (κ1) is 15.3. The second-order valence-electron chi connectivity index (χ2n) is 6.77. The topological polar surface area (TPSA) is 68.0 Å². The molecule has 2 aromatic rings. The number of hydrogen-bond donors (Lipinski definition) is 1. The van der Waals surface area contributed by atoms with Gasteiger partial charge in [0.15, 0.2) is 5.82 Å². The Morgan fingerprint density at radius 3 is 2.75 bits per heavy atom. The van der Waals surface area contributed by atoms with Crippen molar-refractivity contribution in [1.82, 2.24) is 15.5 Å². The number of aromatic nitrogens is 2. The molecule has 1 heterocycles. The van der Waals surface area contributed by atoms with E-state index in [1.54, 1.807) is 18.2 Å². The van der Waals surface area contributed by atoms with Gasteiger partial charge in [-0.05, 0) is 31.7 Å². The molecule has 0 radical (unpaired) electrons. The molecule has 2 aliphatic rings. The molecule has 6 heteroatoms. The van der Waals surface area contributed by atoms with Gasteiger partial charge in [0.2, 0.25) is 11.8 Å². The highest BCUT2D eigenvalue weighted by atomic mass is 19.1. The van der Waals surface area contributed by atoms with Gasteiger partial charge in [0.1, 0.15) is 5.82 Å². The van der Waals surface area contributed by atoms with Crippen LogP contribution < -0.4 is 5.32 Å². The van der Waals surface area contributed by atoms with E-state index in [1.807, 2.05) is 0 Å². The predicted octanol–water partition coefficient (Wildman–Crippen LogP) is 3.21. The molecule has 0 aliphatic heterocycles. The van der Waals surface area contributed by atoms with Gasteiger partial charge in [-0.3, -0.25) is 4.79 Å². The normalized spacial score (nSPS) is 19.4. The summed E-state index contributed by atoms with van der Waals surface area (Å²) in [6.07, 6.45) is 5.37. The van der Waals surface area contributed by atoms with Gasteiger partial charge in [0, 0.05) is 11.5 Å². The summed E-state index contributed by atoms with van der Waals surface area (Å²) in [5.74, 6) is 1.08. The van der Waals surface area contributed by atoms with Crippen LogP contribution in [0.4, 0.5) is 4.39 Å². The average Bonchev–Trinajstić information content (AvgIpc) is 3.13. The van der Waals surface area contributed by atoms with Gasteiger partial charge in [-0.1, -0.05) is 36.2 Å². The fraction of sp³-hybridized carbons (Fsp3) is 0.500. The minimum absolute atomic E-state index is 0.156. The largest absolute Gasteiger partial charge is 0.346 e. The van der Waals surface area contributed by atoms with Crippen LogP contribution in [0.3, 0.4) is 0 Å². The number of benzene rings is 1. The molecule has 0 atom stereocenters. The number of nitrogens with zero attached hydrogens (tertiary/aromatic N) is 2. The minimum atomic E-state index is -0.787. The number of hydrogen-bond acceptors (Lipinski definition) is 4. The SMILES string of the molecule is O=C(NCc1nc(C2CC2)no1)C1(c2ccccc2F)CCCC1. The fourth-order valence-electron chi connectivity index (χ4n) is 3.62. The third-order valence-corrected chi connectivity index (χ3v) is 5.11. The molecule has 2 aliphatic carbocycles. The molecule has 0 bridgehead atoms. The van der Waals surface area contributed by atoms with Crippen LogP contribution in [0.1, 0.15) is 61.7 Å². The van der Waals surface area contributed by atoms with Crippen LogP contribution in [0.2, 0.25) is 0 Å². The van der Waals surface area contributed by atoms with Crippen LogP contribution in [0, 0.1) is 5.82 Å². The van der Waals surface area contributed by atoms with Crippen molar-refractivity contribution in [3.63, 3.8) is 0 Å². The van der Waals surface area contributed by atoms with Gasteiger partial charge in [0.05, 0.1) is 12.0 Å². The van der Waals surface area contributed by atoms with E-state index in [0.29, 0.717) is 30.2 Å². The Balaban J connectivity index is 1.50. The van der Waals surface area contributed by atoms with Crippen LogP contribution in [0.25, 0.3) is 0 Å². The van der Waals surface area contributed by atoms with E-state index in [2.05, 4.69) is 15.5 Å². The standard InChI is InChI=1S/C18H20FN3O2/c19-14-6-2-1-5-13(14)18(9-3-4-10-18)17(23)20-11-15-21-16(22-24-15)12-7-8-12/h1-2,5-6,12H,3-4,7-11H2,(H,20,23). The summed E-state index contributed by atoms with van der Waals surface area (Å²) in [5.41, 5.74) is -0.297. The molecule has 0 saturated heterocycles. The minimum Gasteiger partial charge on any atom is -0.346 e. The zero-order valence-corrected chi connectivity index (χ0v) is 13.4. The maximum Gasteiger partial charge on any atom is 0.246 e. The first-order valence-corrected chi connectivity index (χ1v) is 8.55. The molecule has 2 saturated carbocycles. The molecule has 4 rings (SSSR count). The smallest absolute Gasteiger partial charge is 0.246 e. The van der Waals surface area contributed by atoms with Crippen molar-refractivity contribution < 1.29 is 13.7 Å². The van der Waals surface area contributed by atoms with E-state index in [4.69, 9.17) is 4.52 Å². The maximum atomic E-state index is 14.3. The molecule has 5 nitrogen and oxygen atoms in total. The highest BCUT2D eigenvalue weighted by molar-refractivity contribution is 5.88. The Bertz CT molecular complexity index is 748. The summed E-state index contributed by atoms with van der Waals surface area (Å²) < 4.78 is 19.5. The second-order valence-corrected chi connectivity index (χ2v) is 6.77. The first-order chi connectivity index (χ1) is 11.7. The molecule has 24 heavy (non-hydrogen) atoms. The van der Waals surface area contributed by atoms with Crippen molar-refractivity contribution in [1.29, 1.82) is 0 Å². The summed E-state index contributed by atoms with van der Waals surface area (Å²) in [7, 11) is 0. The predicted molar refractivity (Wildman–Crippen MR) is 84.7 cm³/mol. The molecule has 1 aromatic heterocycles. The summed E-state index contributed by atoms with van der Waals surface area (Å²) in [6.45, 7) is 0.189. The highest BCUT2D eigenvalue weighted by Gasteiger charge is 2.44. The van der Waals surface area contributed by atoms with E-state index in [1.165, 1.54) is 6.07 Å². The van der Waals surface area contributed by atoms with Gasteiger partial charge in [-0.2, -0.15) is 4.98 Å². The highest BCUT2D eigenvalue weighted by Crippen LogP contribution is 2.42. The number of nitrogens with one attached hydrogen (secondary N) is 1. The lowest BCUT2D eigenvalue weighted by Crippen LogP contribution is -2.43. The molecule has 0 unspecified atom stereocenters. The molecule has 126 valence electrons. The number of rotatable bonds is 5. The van der Waals surface area contributed by atoms with Crippen molar-refractivity contribution >= 4 is 5.91 Å². The summed E-state index contributed by atoms with van der Waals surface area (Å²) in [4.78, 5) is 17.2. The number of halogens is 1. The lowest BCUT2D eigenvalue weighted by molar-refractivity contribution is -0.127. The first-order valence-electron chi connectivity index (χ1n) is 8.55. The third-order valence-electron chi connectivity index (χ3n) is 5.11. The number of carbonyl (C=O) groups excluding carboxylic acids is 1. The van der Waals surface area contributed by atoms with Crippen molar-refractivity contribution in [2.45, 2.75) is 56.4 Å². The van der Waals surface area contributed by atoms with Gasteiger partial charge in [-0.15, -0.1) is 0 Å². The number of carbonyl (C=O) groups is 1. The second kappa shape index (κ2) is 6.00. The van der Waals surface area contributed by atoms with E-state index >= 15 is 0 Å². The number of amides is 1. The van der Waals surface area contributed by atoms with E-state index < -0.39 is 5.41 Å². The van der Waals surface area contributed by atoms with Crippen molar-refractivity contribution in [3.05, 3.63) is 47.4 Å². The lowest BCUT2D eigenvalue weighted by Gasteiger charge is -2.28. The Morgan fingerprint density at radius 2 is 2.04 bits per heavy atom. The molecule has 1 N–H and O–H groups in total. The van der Waals surface area contributed by atoms with Crippen LogP contribution in [0.15, 0.2) is 28.8 Å². The average molecular weight is 329 g/mol. The van der Waals surface area contributed by atoms with Crippen molar-refractivity contribution in [2.75, 3.05) is 0 Å². The van der Waals surface area contributed by atoms with Crippen LogP contribution >= 0.6 is 0 Å². The summed E-state index contributed by atoms with van der Waals surface area (Å²) in [6, 6.07) is 6.57. The van der Waals surface area contributed by atoms with Crippen LogP contribution in [0.5, 0.6) is 0 Å². The Labute approximate surface area is 139 Å². The summed E-state index contributed by atoms with van der Waals surface area (Å²) in [5, 5.41) is 6.82. The molecule has 0 spiro atoms. The Morgan fingerprint density at radius 1 is 1.29 bits per heavy atom. The van der Waals surface area contributed by atoms with Gasteiger partial charge in [-0.25, -0.2) is 4.39 Å². The van der Waals surface area contributed by atoms with E-state index in [0.717, 1.165) is 31.5 Å². The van der Waals surface area contributed by atoms with E-state index in [9.17, 15) is 9.18 Å². The monoisotopic (exact) mass is 329 g/mol. The maximum absolute atomic E-state index is 14.3. The molecular weight excluding hydrogens is 309 g/mol. The van der Waals surface area contributed by atoms with Crippen LogP contribution in [-0.4, -0.2) is 16.0 Å². The van der Waals surface area contributed by atoms with Gasteiger partial charge < -0.3 is 9.84 Å². The van der Waals surface area contributed by atoms with Gasteiger partial charge in [0.25, 0.3) is 0 Å². The van der Waals surface area contributed by atoms with Gasteiger partial charge >= 0.3 is 0 Å². The lowest BCUT2D eigenvalue weighted by atomic mass is 9.77. The van der Waals surface area contributed by atoms with Crippen molar-refractivity contribution in [2.24, 2.45) is 0 Å².